The Labute approximate surface area is 209 Å². The molecule has 38 heavy (non-hydrogen) atoms. The molecule has 0 aromatic carbocycles. The molecule has 0 aliphatic carbocycles. The summed E-state index contributed by atoms with van der Waals surface area (Å²) >= 11 is 2.42. The van der Waals surface area contributed by atoms with E-state index >= 15 is 0 Å². The highest BCUT2D eigenvalue weighted by atomic mass is 32.1. The molecule has 0 heterocycles. The summed E-state index contributed by atoms with van der Waals surface area (Å²) in [4.78, 5) is 0. The second-order valence-electron chi connectivity index (χ2n) is 7.28. The highest BCUT2D eigenvalue weighted by Gasteiger charge is 2.94. The molecule has 0 unspecified atom stereocenters. The summed E-state index contributed by atoms with van der Waals surface area (Å²) in [7, 11) is 1.35. The zero-order valence-electron chi connectivity index (χ0n) is 18.8. The van der Waals surface area contributed by atoms with Crippen molar-refractivity contribution in [2.24, 2.45) is 0 Å². The van der Waals surface area contributed by atoms with Crippen LogP contribution < -0.4 is 0 Å². The van der Waals surface area contributed by atoms with E-state index in [-0.39, 0.29) is 26.4 Å². The minimum atomic E-state index is -8.46. The van der Waals surface area contributed by atoms with E-state index in [1.807, 2.05) is 0 Å². The maximum Gasteiger partial charge on any atom is 0.385 e. The third-order valence-corrected chi connectivity index (χ3v) is 4.95. The van der Waals surface area contributed by atoms with E-state index in [1.165, 1.54) is 7.11 Å². The van der Waals surface area contributed by atoms with Gasteiger partial charge in [-0.1, -0.05) is 0 Å². The van der Waals surface area contributed by atoms with Crippen molar-refractivity contribution < 1.29 is 89.2 Å². The summed E-state index contributed by atoms with van der Waals surface area (Å²) < 4.78 is 234. The predicted octanol–water partition coefficient (Wildman–Crippen LogP) is 5.69. The van der Waals surface area contributed by atoms with Crippen LogP contribution in [-0.4, -0.2) is 106 Å². The quantitative estimate of drug-likeness (QED) is 0.114. The minimum absolute atomic E-state index is 0.100. The molecule has 0 bridgehead atoms. The lowest BCUT2D eigenvalue weighted by atomic mass is 9.88. The van der Waals surface area contributed by atoms with E-state index in [2.05, 4.69) is 26.8 Å². The first-order chi connectivity index (χ1) is 16.9. The monoisotopic (exact) mass is 624 g/mol. The van der Waals surface area contributed by atoms with Crippen molar-refractivity contribution in [2.45, 2.75) is 47.4 Å². The molecule has 4 nitrogen and oxygen atoms in total. The zero-order chi connectivity index (χ0) is 30.5. The van der Waals surface area contributed by atoms with Gasteiger partial charge in [-0.25, -0.2) is 0 Å². The minimum Gasteiger partial charge on any atom is -0.382 e. The number of thiol groups is 1. The van der Waals surface area contributed by atoms with Crippen LogP contribution in [0.3, 0.4) is 0 Å². The molecule has 0 amide bonds. The van der Waals surface area contributed by atoms with E-state index in [1.54, 1.807) is 0 Å². The summed E-state index contributed by atoms with van der Waals surface area (Å²) in [5.41, 5.74) is 0. The van der Waals surface area contributed by atoms with Crippen molar-refractivity contribution in [3.63, 3.8) is 0 Å². The molecule has 0 aliphatic rings. The molecule has 0 aliphatic heterocycles. The Hall–Kier alpha value is -0.930. The van der Waals surface area contributed by atoms with E-state index in [4.69, 9.17) is 4.74 Å². The van der Waals surface area contributed by atoms with Gasteiger partial charge in [0.15, 0.2) is 0 Å². The first-order valence-electron chi connectivity index (χ1n) is 9.73. The first kappa shape index (κ1) is 37.1. The Balaban J connectivity index is 5.66. The third kappa shape index (κ3) is 6.68. The van der Waals surface area contributed by atoms with Crippen molar-refractivity contribution in [1.29, 1.82) is 0 Å². The Morgan fingerprint density at radius 2 is 0.711 bits per heavy atom. The van der Waals surface area contributed by atoms with E-state index in [0.29, 0.717) is 0 Å². The molecule has 230 valence electrons. The highest BCUT2D eigenvalue weighted by molar-refractivity contribution is 7.80. The van der Waals surface area contributed by atoms with Gasteiger partial charge in [0.05, 0.1) is 45.4 Å². The molecular weight excluding hydrogens is 604 g/mol. The summed E-state index contributed by atoms with van der Waals surface area (Å²) in [5, 5.41) is 0. The molecule has 21 heteroatoms. The standard InChI is InChI=1S/C17H20F16O4S/c1-34-2-3-35-4-5-36-6-7-37-8-10(18,19)12(22,23)14(26,27)16(30,31)17(32,33)15(28,29)13(24,25)11(20,21)9-38/h38H,2-9H2,1H3. The third-order valence-electron chi connectivity index (χ3n) is 4.55. The van der Waals surface area contributed by atoms with Crippen molar-refractivity contribution in [1.82, 2.24) is 0 Å². The summed E-state index contributed by atoms with van der Waals surface area (Å²) in [6, 6.07) is 0. The molecular formula is C17H20F16O4S. The topological polar surface area (TPSA) is 36.9 Å². The fraction of sp³-hybridized carbons (Fsp3) is 1.00. The normalized spacial score (nSPS) is 15.3. The number of halogens is 16. The van der Waals surface area contributed by atoms with Crippen molar-refractivity contribution in [2.75, 3.05) is 59.1 Å². The number of ether oxygens (including phenoxy) is 4. The number of hydrogen-bond acceptors (Lipinski definition) is 5. The number of rotatable bonds is 19. The summed E-state index contributed by atoms with van der Waals surface area (Å²) in [6.07, 6.45) is 0. The van der Waals surface area contributed by atoms with Gasteiger partial charge in [-0.2, -0.15) is 82.9 Å². The van der Waals surface area contributed by atoms with E-state index in [9.17, 15) is 70.2 Å². The van der Waals surface area contributed by atoms with Gasteiger partial charge in [0.25, 0.3) is 0 Å². The molecule has 0 aromatic rings. The smallest absolute Gasteiger partial charge is 0.382 e. The van der Waals surface area contributed by atoms with Gasteiger partial charge in [-0.15, -0.1) is 0 Å². The largest absolute Gasteiger partial charge is 0.385 e. The lowest BCUT2D eigenvalue weighted by Crippen LogP contribution is -2.75. The zero-order valence-corrected chi connectivity index (χ0v) is 19.7. The number of alkyl halides is 16. The molecule has 0 radical (unpaired) electrons. The van der Waals surface area contributed by atoms with Crippen LogP contribution in [0.5, 0.6) is 0 Å². The molecule has 0 spiro atoms. The SMILES string of the molecule is COCCOCCOCCOCC(F)(F)C(F)(F)C(F)(F)C(F)(F)C(F)(F)C(F)(F)C(F)(F)C(F)(F)CS. The van der Waals surface area contributed by atoms with Crippen LogP contribution >= 0.6 is 12.6 Å². The van der Waals surface area contributed by atoms with E-state index < -0.39 is 73.0 Å². The van der Waals surface area contributed by atoms with Crippen LogP contribution in [0.2, 0.25) is 0 Å². The second kappa shape index (κ2) is 12.7. The Bertz CT molecular complexity index is 735. The first-order valence-corrected chi connectivity index (χ1v) is 10.4. The van der Waals surface area contributed by atoms with Gasteiger partial charge in [0.2, 0.25) is 0 Å². The van der Waals surface area contributed by atoms with Gasteiger partial charge < -0.3 is 18.9 Å². The Kier molecular flexibility index (Phi) is 12.4. The van der Waals surface area contributed by atoms with Crippen LogP contribution in [0.4, 0.5) is 70.2 Å². The van der Waals surface area contributed by atoms with Crippen LogP contribution in [0.15, 0.2) is 0 Å². The van der Waals surface area contributed by atoms with Crippen LogP contribution in [-0.2, 0) is 18.9 Å². The van der Waals surface area contributed by atoms with Crippen LogP contribution in [0, 0.1) is 0 Å². The van der Waals surface area contributed by atoms with Crippen molar-refractivity contribution in [3.05, 3.63) is 0 Å². The fourth-order valence-electron chi connectivity index (χ4n) is 2.22. The molecule has 0 saturated heterocycles. The Morgan fingerprint density at radius 1 is 0.421 bits per heavy atom. The van der Waals surface area contributed by atoms with Gasteiger partial charge in [0, 0.05) is 7.11 Å². The van der Waals surface area contributed by atoms with Gasteiger partial charge in [-0.3, -0.25) is 0 Å². The molecule has 0 saturated carbocycles. The number of hydrogen-bond donors (Lipinski definition) is 1. The molecule has 0 atom stereocenters. The maximum atomic E-state index is 13.7. The lowest BCUT2D eigenvalue weighted by molar-refractivity contribution is -0.453. The van der Waals surface area contributed by atoms with Gasteiger partial charge >= 0.3 is 47.4 Å². The van der Waals surface area contributed by atoms with Gasteiger partial charge in [-0.05, 0) is 0 Å². The maximum absolute atomic E-state index is 13.7. The van der Waals surface area contributed by atoms with Crippen molar-refractivity contribution in [3.8, 4) is 0 Å². The second-order valence-corrected chi connectivity index (χ2v) is 7.60. The van der Waals surface area contributed by atoms with Gasteiger partial charge in [0.1, 0.15) is 6.61 Å². The summed E-state index contributed by atoms with van der Waals surface area (Å²) in [5.74, 6) is -64.2. The fourth-order valence-corrected chi connectivity index (χ4v) is 2.42. The molecule has 0 N–H and O–H groups in total. The molecule has 0 rings (SSSR count). The van der Waals surface area contributed by atoms with Crippen LogP contribution in [0.25, 0.3) is 0 Å². The average molecular weight is 624 g/mol. The molecule has 0 fully saturated rings. The predicted molar refractivity (Wildman–Crippen MR) is 97.8 cm³/mol. The number of methoxy groups -OCH3 is 1. The summed E-state index contributed by atoms with van der Waals surface area (Å²) in [6.45, 7) is -4.78. The lowest BCUT2D eigenvalue weighted by Gasteiger charge is -2.43. The highest BCUT2D eigenvalue weighted by Crippen LogP contribution is 2.63. The van der Waals surface area contributed by atoms with Crippen molar-refractivity contribution >= 4 is 12.6 Å². The van der Waals surface area contributed by atoms with E-state index in [0.717, 1.165) is 0 Å². The molecule has 0 aromatic heterocycles. The van der Waals surface area contributed by atoms with Crippen LogP contribution in [0.1, 0.15) is 0 Å². The Morgan fingerprint density at radius 3 is 1.05 bits per heavy atom. The average Bonchev–Trinajstić information content (AvgIpc) is 2.79.